The van der Waals surface area contributed by atoms with E-state index < -0.39 is 0 Å². The van der Waals surface area contributed by atoms with Crippen molar-refractivity contribution in [1.29, 1.82) is 0 Å². The number of nitrogens with one attached hydrogen (secondary N) is 2. The third-order valence-corrected chi connectivity index (χ3v) is 4.22. The molecule has 0 unspecified atom stereocenters. The maximum atomic E-state index is 12.1. The number of benzene rings is 1. The number of ether oxygens (including phenoxy) is 1. The molecule has 1 aromatic carbocycles. The lowest BCUT2D eigenvalue weighted by Crippen LogP contribution is -2.24. The SMILES string of the molecule is COc1ccc(CNC(=O)c2ccc(NC3CCCC3)nn2)cc1. The third kappa shape index (κ3) is 4.22. The molecule has 6 nitrogen and oxygen atoms in total. The van der Waals surface area contributed by atoms with Gasteiger partial charge in [0.1, 0.15) is 11.6 Å². The summed E-state index contributed by atoms with van der Waals surface area (Å²) < 4.78 is 5.11. The number of hydrogen-bond acceptors (Lipinski definition) is 5. The third-order valence-electron chi connectivity index (χ3n) is 4.22. The lowest BCUT2D eigenvalue weighted by molar-refractivity contribution is 0.0945. The Bertz CT molecular complexity index is 664. The summed E-state index contributed by atoms with van der Waals surface area (Å²) in [6.45, 7) is 0.437. The van der Waals surface area contributed by atoms with Crippen molar-refractivity contribution in [1.82, 2.24) is 15.5 Å². The minimum Gasteiger partial charge on any atom is -0.497 e. The Morgan fingerprint density at radius 3 is 2.50 bits per heavy atom. The zero-order valence-electron chi connectivity index (χ0n) is 13.8. The van der Waals surface area contributed by atoms with Crippen LogP contribution < -0.4 is 15.4 Å². The Balaban J connectivity index is 1.52. The summed E-state index contributed by atoms with van der Waals surface area (Å²) >= 11 is 0. The highest BCUT2D eigenvalue weighted by molar-refractivity contribution is 5.92. The van der Waals surface area contributed by atoms with E-state index >= 15 is 0 Å². The van der Waals surface area contributed by atoms with Gasteiger partial charge in [-0.05, 0) is 42.7 Å². The first-order chi connectivity index (χ1) is 11.7. The van der Waals surface area contributed by atoms with E-state index in [4.69, 9.17) is 4.74 Å². The van der Waals surface area contributed by atoms with Gasteiger partial charge < -0.3 is 15.4 Å². The fraction of sp³-hybridized carbons (Fsp3) is 0.389. The molecule has 1 aliphatic carbocycles. The van der Waals surface area contributed by atoms with Crippen LogP contribution in [0, 0.1) is 0 Å². The molecule has 0 radical (unpaired) electrons. The second kappa shape index (κ2) is 7.77. The van der Waals surface area contributed by atoms with E-state index in [0.29, 0.717) is 18.3 Å². The van der Waals surface area contributed by atoms with Crippen molar-refractivity contribution in [2.24, 2.45) is 0 Å². The molecule has 2 aromatic rings. The van der Waals surface area contributed by atoms with E-state index in [1.54, 1.807) is 13.2 Å². The molecule has 6 heteroatoms. The number of carbonyl (C=O) groups is 1. The largest absolute Gasteiger partial charge is 0.497 e. The maximum absolute atomic E-state index is 12.1. The van der Waals surface area contributed by atoms with Crippen LogP contribution in [0.15, 0.2) is 36.4 Å². The monoisotopic (exact) mass is 326 g/mol. The molecule has 126 valence electrons. The van der Waals surface area contributed by atoms with Gasteiger partial charge in [0, 0.05) is 12.6 Å². The molecule has 1 heterocycles. The van der Waals surface area contributed by atoms with Crippen LogP contribution in [0.2, 0.25) is 0 Å². The number of hydrogen-bond donors (Lipinski definition) is 2. The lowest BCUT2D eigenvalue weighted by Gasteiger charge is -2.12. The number of amides is 1. The first-order valence-electron chi connectivity index (χ1n) is 8.26. The number of methoxy groups -OCH3 is 1. The predicted octanol–water partition coefficient (Wildman–Crippen LogP) is 2.77. The number of anilines is 1. The molecule has 24 heavy (non-hydrogen) atoms. The van der Waals surface area contributed by atoms with Crippen LogP contribution in [-0.2, 0) is 6.54 Å². The molecular formula is C18H22N4O2. The first kappa shape index (κ1) is 16.2. The van der Waals surface area contributed by atoms with E-state index in [-0.39, 0.29) is 5.91 Å². The van der Waals surface area contributed by atoms with Crippen LogP contribution in [0.25, 0.3) is 0 Å². The molecule has 0 aliphatic heterocycles. The molecule has 0 bridgehead atoms. The highest BCUT2D eigenvalue weighted by Crippen LogP contribution is 2.21. The van der Waals surface area contributed by atoms with Crippen molar-refractivity contribution in [2.75, 3.05) is 12.4 Å². The molecule has 0 atom stereocenters. The predicted molar refractivity (Wildman–Crippen MR) is 92.1 cm³/mol. The quantitative estimate of drug-likeness (QED) is 0.853. The minimum atomic E-state index is -0.231. The summed E-state index contributed by atoms with van der Waals surface area (Å²) in [7, 11) is 1.63. The Hall–Kier alpha value is -2.63. The van der Waals surface area contributed by atoms with Crippen LogP contribution in [0.4, 0.5) is 5.82 Å². The van der Waals surface area contributed by atoms with Gasteiger partial charge in [0.15, 0.2) is 5.69 Å². The molecule has 1 aliphatic rings. The van der Waals surface area contributed by atoms with E-state index in [1.807, 2.05) is 30.3 Å². The van der Waals surface area contributed by atoms with E-state index in [0.717, 1.165) is 17.1 Å². The molecule has 1 amide bonds. The maximum Gasteiger partial charge on any atom is 0.272 e. The summed E-state index contributed by atoms with van der Waals surface area (Å²) in [5.74, 6) is 1.29. The normalized spacial score (nSPS) is 14.4. The molecule has 1 saturated carbocycles. The number of nitrogens with zero attached hydrogens (tertiary/aromatic N) is 2. The van der Waals surface area contributed by atoms with Gasteiger partial charge in [-0.15, -0.1) is 10.2 Å². The van der Waals surface area contributed by atoms with Crippen molar-refractivity contribution >= 4 is 11.7 Å². The summed E-state index contributed by atoms with van der Waals surface area (Å²) in [5.41, 5.74) is 1.32. The van der Waals surface area contributed by atoms with Crippen molar-refractivity contribution in [3.8, 4) is 5.75 Å². The molecule has 1 aromatic heterocycles. The second-order valence-corrected chi connectivity index (χ2v) is 5.96. The molecular weight excluding hydrogens is 304 g/mol. The standard InChI is InChI=1S/C18H22N4O2/c1-24-15-8-6-13(7-9-15)12-19-18(23)16-10-11-17(22-21-16)20-14-4-2-3-5-14/h6-11,14H,2-5,12H2,1H3,(H,19,23)(H,20,22). The summed E-state index contributed by atoms with van der Waals surface area (Å²) in [6, 6.07) is 11.6. The Kier molecular flexibility index (Phi) is 5.25. The number of rotatable bonds is 6. The van der Waals surface area contributed by atoms with Crippen LogP contribution in [0.5, 0.6) is 5.75 Å². The fourth-order valence-corrected chi connectivity index (χ4v) is 2.83. The zero-order chi connectivity index (χ0) is 16.8. The van der Waals surface area contributed by atoms with Crippen LogP contribution in [-0.4, -0.2) is 29.3 Å². The van der Waals surface area contributed by atoms with Gasteiger partial charge in [0.25, 0.3) is 5.91 Å². The smallest absolute Gasteiger partial charge is 0.272 e. The number of aromatic nitrogens is 2. The summed E-state index contributed by atoms with van der Waals surface area (Å²) in [5, 5.41) is 14.3. The molecule has 3 rings (SSSR count). The lowest BCUT2D eigenvalue weighted by atomic mass is 10.2. The van der Waals surface area contributed by atoms with Crippen LogP contribution in [0.3, 0.4) is 0 Å². The second-order valence-electron chi connectivity index (χ2n) is 5.96. The van der Waals surface area contributed by atoms with Crippen molar-refractivity contribution in [3.05, 3.63) is 47.7 Å². The Labute approximate surface area is 141 Å². The molecule has 0 spiro atoms. The van der Waals surface area contributed by atoms with Gasteiger partial charge in [-0.3, -0.25) is 4.79 Å². The Morgan fingerprint density at radius 2 is 1.88 bits per heavy atom. The van der Waals surface area contributed by atoms with Gasteiger partial charge >= 0.3 is 0 Å². The van der Waals surface area contributed by atoms with E-state index in [2.05, 4.69) is 20.8 Å². The molecule has 0 saturated heterocycles. The van der Waals surface area contributed by atoms with E-state index in [1.165, 1.54) is 25.7 Å². The molecule has 2 N–H and O–H groups in total. The van der Waals surface area contributed by atoms with Crippen molar-refractivity contribution in [2.45, 2.75) is 38.3 Å². The average molecular weight is 326 g/mol. The Morgan fingerprint density at radius 1 is 1.12 bits per heavy atom. The fourth-order valence-electron chi connectivity index (χ4n) is 2.83. The van der Waals surface area contributed by atoms with Crippen molar-refractivity contribution < 1.29 is 9.53 Å². The molecule has 1 fully saturated rings. The summed E-state index contributed by atoms with van der Waals surface area (Å²) in [6.07, 6.45) is 4.87. The highest BCUT2D eigenvalue weighted by atomic mass is 16.5. The van der Waals surface area contributed by atoms with Gasteiger partial charge in [0.2, 0.25) is 0 Å². The minimum absolute atomic E-state index is 0.231. The highest BCUT2D eigenvalue weighted by Gasteiger charge is 2.15. The topological polar surface area (TPSA) is 76.1 Å². The van der Waals surface area contributed by atoms with E-state index in [9.17, 15) is 4.79 Å². The average Bonchev–Trinajstić information content (AvgIpc) is 3.14. The van der Waals surface area contributed by atoms with Gasteiger partial charge in [-0.25, -0.2) is 0 Å². The van der Waals surface area contributed by atoms with Crippen molar-refractivity contribution in [3.63, 3.8) is 0 Å². The summed E-state index contributed by atoms with van der Waals surface area (Å²) in [4.78, 5) is 12.1. The zero-order valence-corrected chi connectivity index (χ0v) is 13.8. The van der Waals surface area contributed by atoms with Gasteiger partial charge in [0.05, 0.1) is 7.11 Å². The van der Waals surface area contributed by atoms with Crippen LogP contribution >= 0.6 is 0 Å². The number of carbonyl (C=O) groups excluding carboxylic acids is 1. The van der Waals surface area contributed by atoms with Gasteiger partial charge in [-0.2, -0.15) is 0 Å². The van der Waals surface area contributed by atoms with Gasteiger partial charge in [-0.1, -0.05) is 25.0 Å². The first-order valence-corrected chi connectivity index (χ1v) is 8.26. The van der Waals surface area contributed by atoms with Crippen LogP contribution in [0.1, 0.15) is 41.7 Å².